The number of nitrogens with one attached hydrogen (secondary N) is 1. The number of nitrogens with zero attached hydrogens (tertiary/aromatic N) is 2. The highest BCUT2D eigenvalue weighted by Gasteiger charge is 2.12. The van der Waals surface area contributed by atoms with Gasteiger partial charge in [-0.3, -0.25) is 5.10 Å². The lowest BCUT2D eigenvalue weighted by atomic mass is 10.2. The molecule has 0 aliphatic rings. The van der Waals surface area contributed by atoms with Crippen molar-refractivity contribution in [3.05, 3.63) is 42.0 Å². The van der Waals surface area contributed by atoms with E-state index in [4.69, 9.17) is 5.73 Å². The number of thiophene rings is 1. The molecule has 2 heterocycles. The number of nitrogen functional groups attached to an aromatic ring is 1. The number of anilines is 1. The topological polar surface area (TPSA) is 67.6 Å². The van der Waals surface area contributed by atoms with E-state index in [0.29, 0.717) is 5.82 Å². The van der Waals surface area contributed by atoms with E-state index in [1.54, 1.807) is 0 Å². The molecule has 0 unspecified atom stereocenters. The van der Waals surface area contributed by atoms with Crippen LogP contribution >= 0.6 is 11.3 Å². The number of aromatic nitrogens is 3. The smallest absolute Gasteiger partial charge is 0.181 e. The Morgan fingerprint density at radius 2 is 2.00 bits per heavy atom. The quantitative estimate of drug-likeness (QED) is 0.740. The van der Waals surface area contributed by atoms with Gasteiger partial charge in [-0.25, -0.2) is 4.98 Å². The summed E-state index contributed by atoms with van der Waals surface area (Å²) in [7, 11) is 0. The van der Waals surface area contributed by atoms with E-state index < -0.39 is 0 Å². The summed E-state index contributed by atoms with van der Waals surface area (Å²) in [6, 6.07) is 11.8. The van der Waals surface area contributed by atoms with Crippen LogP contribution in [0.3, 0.4) is 0 Å². The van der Waals surface area contributed by atoms with Crippen LogP contribution in [-0.2, 0) is 0 Å². The Bertz CT molecular complexity index is 669. The van der Waals surface area contributed by atoms with E-state index in [-0.39, 0.29) is 0 Å². The van der Waals surface area contributed by atoms with Crippen molar-refractivity contribution in [2.75, 3.05) is 5.73 Å². The van der Waals surface area contributed by atoms with Crippen molar-refractivity contribution in [2.24, 2.45) is 0 Å². The molecule has 1 aromatic carbocycles. The second-order valence-electron chi connectivity index (χ2n) is 4.03. The molecule has 0 spiro atoms. The number of nitrogens with two attached hydrogens (primary N) is 1. The average Bonchev–Trinajstić information content (AvgIpc) is 2.97. The van der Waals surface area contributed by atoms with Gasteiger partial charge in [-0.05, 0) is 18.6 Å². The summed E-state index contributed by atoms with van der Waals surface area (Å²) in [5, 5.41) is 8.00. The molecular formula is C13H12N4S. The predicted octanol–water partition coefficient (Wildman–Crippen LogP) is 3.09. The molecule has 0 aliphatic carbocycles. The fourth-order valence-electron chi connectivity index (χ4n) is 1.82. The average molecular weight is 256 g/mol. The van der Waals surface area contributed by atoms with Crippen molar-refractivity contribution in [2.45, 2.75) is 6.92 Å². The Hall–Kier alpha value is -2.14. The summed E-state index contributed by atoms with van der Waals surface area (Å²) < 4.78 is 0. The van der Waals surface area contributed by atoms with Crippen LogP contribution in [0.4, 0.5) is 5.00 Å². The van der Waals surface area contributed by atoms with E-state index in [9.17, 15) is 0 Å². The van der Waals surface area contributed by atoms with Crippen LogP contribution in [-0.4, -0.2) is 15.2 Å². The zero-order valence-electron chi connectivity index (χ0n) is 9.84. The van der Waals surface area contributed by atoms with Crippen molar-refractivity contribution in [1.82, 2.24) is 15.2 Å². The molecule has 0 aliphatic heterocycles. The van der Waals surface area contributed by atoms with Gasteiger partial charge in [0, 0.05) is 5.56 Å². The molecule has 5 heteroatoms. The molecule has 0 radical (unpaired) electrons. The van der Waals surface area contributed by atoms with Crippen LogP contribution in [0.5, 0.6) is 0 Å². The maximum absolute atomic E-state index is 5.79. The van der Waals surface area contributed by atoms with Crippen LogP contribution in [0.25, 0.3) is 22.1 Å². The van der Waals surface area contributed by atoms with E-state index in [2.05, 4.69) is 15.2 Å². The van der Waals surface area contributed by atoms with Crippen molar-refractivity contribution >= 4 is 16.3 Å². The van der Waals surface area contributed by atoms with E-state index in [1.165, 1.54) is 11.3 Å². The van der Waals surface area contributed by atoms with Gasteiger partial charge in [0.15, 0.2) is 11.6 Å². The molecule has 0 saturated carbocycles. The van der Waals surface area contributed by atoms with Crippen molar-refractivity contribution in [1.29, 1.82) is 0 Å². The fraction of sp³-hybridized carbons (Fsp3) is 0.0769. The molecule has 3 N–H and O–H groups in total. The summed E-state index contributed by atoms with van der Waals surface area (Å²) >= 11 is 1.52. The van der Waals surface area contributed by atoms with Crippen molar-refractivity contribution < 1.29 is 0 Å². The maximum Gasteiger partial charge on any atom is 0.181 e. The van der Waals surface area contributed by atoms with Crippen LogP contribution in [0.2, 0.25) is 0 Å². The van der Waals surface area contributed by atoms with Crippen molar-refractivity contribution in [3.63, 3.8) is 0 Å². The number of aromatic amines is 1. The number of H-pyrrole nitrogens is 1. The largest absolute Gasteiger partial charge is 0.391 e. The monoisotopic (exact) mass is 256 g/mol. The first-order chi connectivity index (χ1) is 8.74. The third-order valence-electron chi connectivity index (χ3n) is 2.67. The first-order valence-corrected chi connectivity index (χ1v) is 6.40. The predicted molar refractivity (Wildman–Crippen MR) is 74.3 cm³/mol. The summed E-state index contributed by atoms with van der Waals surface area (Å²) in [6.45, 7) is 2.02. The number of hydrogen-bond donors (Lipinski definition) is 2. The molecule has 90 valence electrons. The van der Waals surface area contributed by atoms with Crippen molar-refractivity contribution in [3.8, 4) is 22.1 Å². The highest BCUT2D eigenvalue weighted by Crippen LogP contribution is 2.32. The Morgan fingerprint density at radius 3 is 2.67 bits per heavy atom. The summed E-state index contributed by atoms with van der Waals surface area (Å²) in [5.74, 6) is 1.48. The van der Waals surface area contributed by atoms with Gasteiger partial charge >= 0.3 is 0 Å². The Balaban J connectivity index is 2.02. The van der Waals surface area contributed by atoms with Gasteiger partial charge in [0.25, 0.3) is 0 Å². The highest BCUT2D eigenvalue weighted by molar-refractivity contribution is 7.19. The van der Waals surface area contributed by atoms with Gasteiger partial charge in [-0.2, -0.15) is 5.10 Å². The van der Waals surface area contributed by atoms with Gasteiger partial charge in [-0.15, -0.1) is 11.3 Å². The van der Waals surface area contributed by atoms with Crippen LogP contribution in [0.1, 0.15) is 5.56 Å². The maximum atomic E-state index is 5.79. The molecular weight excluding hydrogens is 244 g/mol. The number of hydrogen-bond acceptors (Lipinski definition) is 4. The summed E-state index contributed by atoms with van der Waals surface area (Å²) in [6.07, 6.45) is 0. The molecule has 3 aromatic rings. The Morgan fingerprint density at radius 1 is 1.22 bits per heavy atom. The molecule has 2 aromatic heterocycles. The van der Waals surface area contributed by atoms with Gasteiger partial charge < -0.3 is 5.73 Å². The van der Waals surface area contributed by atoms with Crippen LogP contribution in [0, 0.1) is 6.92 Å². The zero-order chi connectivity index (χ0) is 12.5. The summed E-state index contributed by atoms with van der Waals surface area (Å²) in [4.78, 5) is 5.56. The first-order valence-electron chi connectivity index (χ1n) is 5.58. The molecule has 3 rings (SSSR count). The molecule has 0 atom stereocenters. The third-order valence-corrected chi connectivity index (χ3v) is 3.74. The highest BCUT2D eigenvalue weighted by atomic mass is 32.1. The number of aryl methyl sites for hydroxylation is 1. The van der Waals surface area contributed by atoms with Gasteiger partial charge in [-0.1, -0.05) is 30.3 Å². The van der Waals surface area contributed by atoms with Crippen LogP contribution < -0.4 is 5.73 Å². The molecule has 0 saturated heterocycles. The zero-order valence-corrected chi connectivity index (χ0v) is 10.7. The second-order valence-corrected chi connectivity index (χ2v) is 5.12. The Kier molecular flexibility index (Phi) is 2.60. The normalized spacial score (nSPS) is 10.7. The molecule has 18 heavy (non-hydrogen) atoms. The lowest BCUT2D eigenvalue weighted by Crippen LogP contribution is -1.80. The standard InChI is InChI=1S/C13H12N4S/c1-8-7-10(14)18-11(8)13-15-12(16-17-13)9-5-3-2-4-6-9/h2-7H,14H2,1H3,(H,15,16,17). The third kappa shape index (κ3) is 1.89. The van der Waals surface area contributed by atoms with Gasteiger partial charge in [0.1, 0.15) is 0 Å². The summed E-state index contributed by atoms with van der Waals surface area (Å²) in [5.41, 5.74) is 7.91. The van der Waals surface area contributed by atoms with Gasteiger partial charge in [0.05, 0.1) is 9.88 Å². The van der Waals surface area contributed by atoms with Gasteiger partial charge in [0.2, 0.25) is 0 Å². The SMILES string of the molecule is Cc1cc(N)sc1-c1nc(-c2ccccc2)n[nH]1. The van der Waals surface area contributed by atoms with E-state index in [1.807, 2.05) is 43.3 Å². The minimum Gasteiger partial charge on any atom is -0.391 e. The number of benzene rings is 1. The lowest BCUT2D eigenvalue weighted by Gasteiger charge is -1.93. The number of rotatable bonds is 2. The second kappa shape index (κ2) is 4.27. The molecule has 0 bridgehead atoms. The molecule has 0 fully saturated rings. The van der Waals surface area contributed by atoms with E-state index in [0.717, 1.165) is 26.8 Å². The molecule has 4 nitrogen and oxygen atoms in total. The first kappa shape index (κ1) is 11.0. The fourth-order valence-corrected chi connectivity index (χ4v) is 2.70. The minimum atomic E-state index is 0.706. The van der Waals surface area contributed by atoms with E-state index >= 15 is 0 Å². The minimum absolute atomic E-state index is 0.706. The Labute approximate surface area is 109 Å². The van der Waals surface area contributed by atoms with Crippen LogP contribution in [0.15, 0.2) is 36.4 Å². The lowest BCUT2D eigenvalue weighted by molar-refractivity contribution is 1.10. The molecule has 0 amide bonds.